The molecule has 0 unspecified atom stereocenters. The summed E-state index contributed by atoms with van der Waals surface area (Å²) in [6, 6.07) is 14.4. The SMILES string of the molecule is CCn1c([C@@H]2CC(=O)N(c3c(C)cccc3C)C2)nc2ccccc21. The van der Waals surface area contributed by atoms with E-state index in [9.17, 15) is 4.79 Å². The Bertz CT molecular complexity index is 937. The van der Waals surface area contributed by atoms with E-state index in [0.717, 1.165) is 40.2 Å². The van der Waals surface area contributed by atoms with E-state index < -0.39 is 0 Å². The van der Waals surface area contributed by atoms with Crippen LogP contribution in [-0.4, -0.2) is 22.0 Å². The quantitative estimate of drug-likeness (QED) is 0.721. The fourth-order valence-electron chi connectivity index (χ4n) is 4.07. The van der Waals surface area contributed by atoms with Crippen molar-refractivity contribution in [3.8, 4) is 0 Å². The zero-order valence-corrected chi connectivity index (χ0v) is 15.0. The number of carbonyl (C=O) groups is 1. The average Bonchev–Trinajstić information content (AvgIpc) is 3.15. The van der Waals surface area contributed by atoms with Crippen molar-refractivity contribution in [2.45, 2.75) is 39.7 Å². The van der Waals surface area contributed by atoms with Gasteiger partial charge in [-0.05, 0) is 44.0 Å². The summed E-state index contributed by atoms with van der Waals surface area (Å²) in [6.45, 7) is 7.85. The lowest BCUT2D eigenvalue weighted by Crippen LogP contribution is -2.26. The number of benzene rings is 2. The summed E-state index contributed by atoms with van der Waals surface area (Å²) in [4.78, 5) is 19.6. The fourth-order valence-corrected chi connectivity index (χ4v) is 4.07. The van der Waals surface area contributed by atoms with Crippen LogP contribution in [0, 0.1) is 13.8 Å². The average molecular weight is 333 g/mol. The first-order valence-corrected chi connectivity index (χ1v) is 8.92. The Hall–Kier alpha value is -2.62. The van der Waals surface area contributed by atoms with Crippen LogP contribution in [0.25, 0.3) is 11.0 Å². The van der Waals surface area contributed by atoms with Gasteiger partial charge in [-0.2, -0.15) is 0 Å². The van der Waals surface area contributed by atoms with Gasteiger partial charge in [-0.15, -0.1) is 0 Å². The fraction of sp³-hybridized carbons (Fsp3) is 0.333. The van der Waals surface area contributed by atoms with E-state index in [-0.39, 0.29) is 11.8 Å². The minimum Gasteiger partial charge on any atom is -0.328 e. The van der Waals surface area contributed by atoms with Gasteiger partial charge >= 0.3 is 0 Å². The number of fused-ring (bicyclic) bond motifs is 1. The number of hydrogen-bond donors (Lipinski definition) is 0. The van der Waals surface area contributed by atoms with Crippen LogP contribution in [0.3, 0.4) is 0 Å². The van der Waals surface area contributed by atoms with E-state index in [1.54, 1.807) is 0 Å². The summed E-state index contributed by atoms with van der Waals surface area (Å²) in [5, 5.41) is 0. The van der Waals surface area contributed by atoms with Crippen molar-refractivity contribution in [2.24, 2.45) is 0 Å². The van der Waals surface area contributed by atoms with E-state index >= 15 is 0 Å². The third-order valence-corrected chi connectivity index (χ3v) is 5.20. The van der Waals surface area contributed by atoms with Crippen molar-refractivity contribution in [1.82, 2.24) is 9.55 Å². The standard InChI is InChI=1S/C21H23N3O/c1-4-23-18-11-6-5-10-17(18)22-21(23)16-12-19(25)24(13-16)20-14(2)8-7-9-15(20)3/h5-11,16H,4,12-13H2,1-3H3/t16-/m1/s1. The van der Waals surface area contributed by atoms with Crippen molar-refractivity contribution in [3.05, 3.63) is 59.4 Å². The monoisotopic (exact) mass is 333 g/mol. The molecule has 0 bridgehead atoms. The third-order valence-electron chi connectivity index (χ3n) is 5.20. The van der Waals surface area contributed by atoms with E-state index in [0.29, 0.717) is 13.0 Å². The molecule has 25 heavy (non-hydrogen) atoms. The molecule has 0 aliphatic carbocycles. The molecule has 2 heterocycles. The van der Waals surface area contributed by atoms with Gasteiger partial charge < -0.3 is 9.47 Å². The molecule has 128 valence electrons. The number of hydrogen-bond acceptors (Lipinski definition) is 2. The van der Waals surface area contributed by atoms with Gasteiger partial charge in [-0.1, -0.05) is 30.3 Å². The number of carbonyl (C=O) groups excluding carboxylic acids is 1. The summed E-state index contributed by atoms with van der Waals surface area (Å²) in [7, 11) is 0. The van der Waals surface area contributed by atoms with Gasteiger partial charge in [0.25, 0.3) is 0 Å². The Balaban J connectivity index is 1.74. The number of amides is 1. The van der Waals surface area contributed by atoms with Crippen molar-refractivity contribution < 1.29 is 4.79 Å². The summed E-state index contributed by atoms with van der Waals surface area (Å²) in [6.07, 6.45) is 0.525. The Morgan fingerprint density at radius 1 is 1.08 bits per heavy atom. The lowest BCUT2D eigenvalue weighted by molar-refractivity contribution is -0.117. The number of nitrogens with zero attached hydrogens (tertiary/aromatic N) is 3. The van der Waals surface area contributed by atoms with Crippen LogP contribution < -0.4 is 4.90 Å². The van der Waals surface area contributed by atoms with Crippen molar-refractivity contribution in [2.75, 3.05) is 11.4 Å². The lowest BCUT2D eigenvalue weighted by atomic mass is 10.1. The summed E-state index contributed by atoms with van der Waals surface area (Å²) in [5.74, 6) is 1.36. The van der Waals surface area contributed by atoms with Crippen molar-refractivity contribution in [3.63, 3.8) is 0 Å². The zero-order valence-electron chi connectivity index (χ0n) is 15.0. The number of imidazole rings is 1. The first kappa shape index (κ1) is 15.9. The highest BCUT2D eigenvalue weighted by Crippen LogP contribution is 2.35. The van der Waals surface area contributed by atoms with Crippen molar-refractivity contribution >= 4 is 22.6 Å². The number of anilines is 1. The third kappa shape index (κ3) is 2.53. The molecule has 0 saturated carbocycles. The van der Waals surface area contributed by atoms with Crippen molar-refractivity contribution in [1.29, 1.82) is 0 Å². The Kier molecular flexibility index (Phi) is 3.83. The first-order valence-electron chi connectivity index (χ1n) is 8.92. The van der Waals surface area contributed by atoms with E-state index in [2.05, 4.69) is 43.5 Å². The van der Waals surface area contributed by atoms with Crippen LogP contribution in [0.1, 0.15) is 36.2 Å². The predicted octanol–water partition coefficient (Wildman–Crippen LogP) is 4.19. The Morgan fingerprint density at radius 3 is 2.52 bits per heavy atom. The maximum absolute atomic E-state index is 12.8. The second-order valence-electron chi connectivity index (χ2n) is 6.85. The zero-order chi connectivity index (χ0) is 17.6. The molecular formula is C21H23N3O. The highest BCUT2D eigenvalue weighted by Gasteiger charge is 2.35. The molecule has 0 spiro atoms. The smallest absolute Gasteiger partial charge is 0.227 e. The van der Waals surface area contributed by atoms with Gasteiger partial charge in [0.1, 0.15) is 5.82 Å². The van der Waals surface area contributed by atoms with Crippen LogP contribution in [0.5, 0.6) is 0 Å². The first-order chi connectivity index (χ1) is 12.1. The molecule has 1 aromatic heterocycles. The van der Waals surface area contributed by atoms with Gasteiger partial charge in [-0.3, -0.25) is 4.79 Å². The van der Waals surface area contributed by atoms with E-state index in [1.807, 2.05) is 29.2 Å². The molecule has 1 atom stereocenters. The van der Waals surface area contributed by atoms with Crippen LogP contribution in [0.2, 0.25) is 0 Å². The predicted molar refractivity (Wildman–Crippen MR) is 101 cm³/mol. The maximum atomic E-state index is 12.8. The summed E-state index contributed by atoms with van der Waals surface area (Å²) < 4.78 is 2.25. The van der Waals surface area contributed by atoms with Gasteiger partial charge in [-0.25, -0.2) is 4.98 Å². The second kappa shape index (κ2) is 6.03. The van der Waals surface area contributed by atoms with E-state index in [4.69, 9.17) is 4.98 Å². The molecule has 0 N–H and O–H groups in total. The second-order valence-corrected chi connectivity index (χ2v) is 6.85. The number of rotatable bonds is 3. The number of aryl methyl sites for hydroxylation is 3. The van der Waals surface area contributed by atoms with Crippen LogP contribution >= 0.6 is 0 Å². The molecular weight excluding hydrogens is 310 g/mol. The lowest BCUT2D eigenvalue weighted by Gasteiger charge is -2.21. The number of aromatic nitrogens is 2. The minimum absolute atomic E-state index is 0.138. The minimum atomic E-state index is 0.138. The molecule has 0 radical (unpaired) electrons. The van der Waals surface area contributed by atoms with Gasteiger partial charge in [0, 0.05) is 31.1 Å². The maximum Gasteiger partial charge on any atom is 0.227 e. The molecule has 4 rings (SSSR count). The van der Waals surface area contributed by atoms with Gasteiger partial charge in [0.2, 0.25) is 5.91 Å². The molecule has 1 fully saturated rings. The molecule has 4 heteroatoms. The highest BCUT2D eigenvalue weighted by molar-refractivity contribution is 5.98. The van der Waals surface area contributed by atoms with Crippen LogP contribution in [-0.2, 0) is 11.3 Å². The molecule has 2 aromatic carbocycles. The van der Waals surface area contributed by atoms with Crippen LogP contribution in [0.15, 0.2) is 42.5 Å². The normalized spacial score (nSPS) is 17.6. The summed E-state index contributed by atoms with van der Waals surface area (Å²) in [5.41, 5.74) is 5.53. The Morgan fingerprint density at radius 2 is 1.80 bits per heavy atom. The molecule has 1 aliphatic rings. The topological polar surface area (TPSA) is 38.1 Å². The number of para-hydroxylation sites is 3. The van der Waals surface area contributed by atoms with Gasteiger partial charge in [0.15, 0.2) is 0 Å². The van der Waals surface area contributed by atoms with Gasteiger partial charge in [0.05, 0.1) is 11.0 Å². The molecule has 3 aromatic rings. The molecule has 1 aliphatic heterocycles. The largest absolute Gasteiger partial charge is 0.328 e. The van der Waals surface area contributed by atoms with Crippen LogP contribution in [0.4, 0.5) is 5.69 Å². The van der Waals surface area contributed by atoms with E-state index in [1.165, 1.54) is 0 Å². The molecule has 1 saturated heterocycles. The molecule has 1 amide bonds. The highest BCUT2D eigenvalue weighted by atomic mass is 16.2. The summed E-state index contributed by atoms with van der Waals surface area (Å²) >= 11 is 0. The Labute approximate surface area is 148 Å². The molecule has 4 nitrogen and oxygen atoms in total.